The van der Waals surface area contributed by atoms with Gasteiger partial charge in [-0.15, -0.1) is 4.91 Å². The largest absolute Gasteiger partial charge is 0.464 e. The van der Waals surface area contributed by atoms with Gasteiger partial charge < -0.3 is 4.74 Å². The minimum Gasteiger partial charge on any atom is -0.464 e. The van der Waals surface area contributed by atoms with Gasteiger partial charge >= 0.3 is 5.97 Å². The molecule has 1 aromatic carbocycles. The molecule has 0 aliphatic heterocycles. The van der Waals surface area contributed by atoms with Crippen LogP contribution in [0.25, 0.3) is 10.9 Å². The molecule has 15 heavy (non-hydrogen) atoms. The first kappa shape index (κ1) is 9.32. The molecule has 6 heteroatoms. The highest BCUT2D eigenvalue weighted by molar-refractivity contribution is 6.02. The number of aromatic amines is 1. The van der Waals surface area contributed by atoms with Gasteiger partial charge in [0.2, 0.25) is 0 Å². The molecule has 0 radical (unpaired) electrons. The molecule has 0 bridgehead atoms. The van der Waals surface area contributed by atoms with E-state index in [-0.39, 0.29) is 11.4 Å². The van der Waals surface area contributed by atoms with Gasteiger partial charge in [-0.05, 0) is 23.4 Å². The zero-order valence-electron chi connectivity index (χ0n) is 7.85. The maximum atomic E-state index is 11.3. The van der Waals surface area contributed by atoms with E-state index in [2.05, 4.69) is 20.1 Å². The van der Waals surface area contributed by atoms with Crippen LogP contribution >= 0.6 is 0 Å². The van der Waals surface area contributed by atoms with Crippen LogP contribution in [0.3, 0.4) is 0 Å². The molecule has 2 aromatic rings. The quantitative estimate of drug-likeness (QED) is 0.597. The SMILES string of the molecule is COC(=O)c1n[nH]c2ccc(N=O)cc12. The molecule has 6 nitrogen and oxygen atoms in total. The average molecular weight is 205 g/mol. The fourth-order valence-electron chi connectivity index (χ4n) is 1.31. The van der Waals surface area contributed by atoms with Crippen molar-refractivity contribution in [3.8, 4) is 0 Å². The Morgan fingerprint density at radius 1 is 1.53 bits per heavy atom. The topological polar surface area (TPSA) is 84.4 Å². The first-order chi connectivity index (χ1) is 7.26. The predicted octanol–water partition coefficient (Wildman–Crippen LogP) is 1.75. The molecule has 0 unspecified atom stereocenters. The lowest BCUT2D eigenvalue weighted by Crippen LogP contribution is -2.01. The molecule has 2 rings (SSSR count). The number of carbonyl (C=O) groups is 1. The lowest BCUT2D eigenvalue weighted by atomic mass is 10.2. The number of hydrogen-bond donors (Lipinski definition) is 1. The Kier molecular flexibility index (Phi) is 2.17. The van der Waals surface area contributed by atoms with Gasteiger partial charge in [0.05, 0.1) is 12.6 Å². The smallest absolute Gasteiger partial charge is 0.359 e. The van der Waals surface area contributed by atoms with E-state index in [0.717, 1.165) is 0 Å². The van der Waals surface area contributed by atoms with E-state index in [1.807, 2.05) is 0 Å². The lowest BCUT2D eigenvalue weighted by Gasteiger charge is -1.94. The van der Waals surface area contributed by atoms with Gasteiger partial charge in [-0.1, -0.05) is 0 Å². The van der Waals surface area contributed by atoms with Crippen LogP contribution in [0.4, 0.5) is 5.69 Å². The van der Waals surface area contributed by atoms with Crippen molar-refractivity contribution in [2.75, 3.05) is 7.11 Å². The number of ether oxygens (including phenoxy) is 1. The molecule has 1 aromatic heterocycles. The number of rotatable bonds is 2. The second-order valence-corrected chi connectivity index (χ2v) is 2.88. The maximum absolute atomic E-state index is 11.3. The third kappa shape index (κ3) is 1.45. The van der Waals surface area contributed by atoms with Crippen molar-refractivity contribution < 1.29 is 9.53 Å². The molecule has 0 aliphatic carbocycles. The Morgan fingerprint density at radius 3 is 3.00 bits per heavy atom. The predicted molar refractivity (Wildman–Crippen MR) is 52.9 cm³/mol. The summed E-state index contributed by atoms with van der Waals surface area (Å²) in [7, 11) is 1.27. The average Bonchev–Trinajstić information content (AvgIpc) is 2.70. The van der Waals surface area contributed by atoms with Gasteiger partial charge in [0.25, 0.3) is 0 Å². The summed E-state index contributed by atoms with van der Waals surface area (Å²) in [5, 5.41) is 9.77. The van der Waals surface area contributed by atoms with E-state index in [9.17, 15) is 9.70 Å². The van der Waals surface area contributed by atoms with Crippen LogP contribution in [-0.2, 0) is 4.74 Å². The van der Waals surface area contributed by atoms with Crippen molar-refractivity contribution in [3.63, 3.8) is 0 Å². The molecule has 0 fully saturated rings. The molecular formula is C9H7N3O3. The first-order valence-corrected chi connectivity index (χ1v) is 4.16. The number of fused-ring (bicyclic) bond motifs is 1. The van der Waals surface area contributed by atoms with Crippen LogP contribution in [0, 0.1) is 4.91 Å². The summed E-state index contributed by atoms with van der Waals surface area (Å²) in [5.41, 5.74) is 1.05. The van der Waals surface area contributed by atoms with E-state index in [1.54, 1.807) is 6.07 Å². The zero-order chi connectivity index (χ0) is 10.8. The second kappa shape index (κ2) is 3.49. The van der Waals surface area contributed by atoms with Crippen LogP contribution in [0.5, 0.6) is 0 Å². The number of H-pyrrole nitrogens is 1. The van der Waals surface area contributed by atoms with Crippen molar-refractivity contribution in [3.05, 3.63) is 28.8 Å². The van der Waals surface area contributed by atoms with Crippen LogP contribution in [-0.4, -0.2) is 23.3 Å². The van der Waals surface area contributed by atoms with Crippen LogP contribution < -0.4 is 0 Å². The number of aromatic nitrogens is 2. The zero-order valence-corrected chi connectivity index (χ0v) is 7.85. The Labute approximate surface area is 84.2 Å². The van der Waals surface area contributed by atoms with Gasteiger partial charge in [0.1, 0.15) is 5.69 Å². The molecule has 0 saturated carbocycles. The number of carbonyl (C=O) groups excluding carboxylic acids is 1. The normalized spacial score (nSPS) is 10.2. The summed E-state index contributed by atoms with van der Waals surface area (Å²) in [6.45, 7) is 0. The van der Waals surface area contributed by atoms with E-state index >= 15 is 0 Å². The highest BCUT2D eigenvalue weighted by atomic mass is 16.5. The maximum Gasteiger partial charge on any atom is 0.359 e. The third-order valence-corrected chi connectivity index (χ3v) is 2.03. The van der Waals surface area contributed by atoms with Crippen LogP contribution in [0.15, 0.2) is 23.4 Å². The number of methoxy groups -OCH3 is 1. The van der Waals surface area contributed by atoms with Gasteiger partial charge in [0, 0.05) is 5.39 Å². The van der Waals surface area contributed by atoms with Gasteiger partial charge in [0.15, 0.2) is 5.69 Å². The van der Waals surface area contributed by atoms with E-state index in [1.165, 1.54) is 19.2 Å². The fraction of sp³-hybridized carbons (Fsp3) is 0.111. The molecule has 1 heterocycles. The van der Waals surface area contributed by atoms with E-state index < -0.39 is 5.97 Å². The first-order valence-electron chi connectivity index (χ1n) is 4.16. The molecule has 0 spiro atoms. The summed E-state index contributed by atoms with van der Waals surface area (Å²) in [6, 6.07) is 4.65. The standard InChI is InChI=1S/C9H7N3O3/c1-15-9(13)8-6-4-5(12-14)2-3-7(6)10-11-8/h2-4H,1H3,(H,10,11). The summed E-state index contributed by atoms with van der Waals surface area (Å²) in [5.74, 6) is -0.552. The number of benzene rings is 1. The van der Waals surface area contributed by atoms with Gasteiger partial charge in [-0.25, -0.2) is 4.79 Å². The number of nitroso groups, excluding NO2 is 1. The molecule has 0 amide bonds. The Hall–Kier alpha value is -2.24. The molecule has 0 aliphatic rings. The lowest BCUT2D eigenvalue weighted by molar-refractivity contribution is 0.0596. The van der Waals surface area contributed by atoms with Crippen LogP contribution in [0.2, 0.25) is 0 Å². The Bertz CT molecular complexity index is 532. The van der Waals surface area contributed by atoms with Crippen molar-refractivity contribution in [2.24, 2.45) is 5.18 Å². The van der Waals surface area contributed by atoms with Crippen LogP contribution in [0.1, 0.15) is 10.5 Å². The minimum absolute atomic E-state index is 0.151. The molecule has 1 N–H and O–H groups in total. The molecular weight excluding hydrogens is 198 g/mol. The van der Waals surface area contributed by atoms with E-state index in [4.69, 9.17) is 0 Å². The molecule has 76 valence electrons. The van der Waals surface area contributed by atoms with Crippen molar-refractivity contribution in [1.82, 2.24) is 10.2 Å². The Morgan fingerprint density at radius 2 is 2.33 bits per heavy atom. The van der Waals surface area contributed by atoms with Gasteiger partial charge in [-0.2, -0.15) is 5.10 Å². The number of hydrogen-bond acceptors (Lipinski definition) is 5. The van der Waals surface area contributed by atoms with E-state index in [0.29, 0.717) is 10.9 Å². The minimum atomic E-state index is -0.552. The fourth-order valence-corrected chi connectivity index (χ4v) is 1.31. The number of esters is 1. The second-order valence-electron chi connectivity index (χ2n) is 2.88. The molecule has 0 atom stereocenters. The highest BCUT2D eigenvalue weighted by Gasteiger charge is 2.14. The Balaban J connectivity index is 2.66. The highest BCUT2D eigenvalue weighted by Crippen LogP contribution is 2.22. The summed E-state index contributed by atoms with van der Waals surface area (Å²) in [4.78, 5) is 21.6. The summed E-state index contributed by atoms with van der Waals surface area (Å²) in [6.07, 6.45) is 0. The van der Waals surface area contributed by atoms with Crippen molar-refractivity contribution >= 4 is 22.6 Å². The number of nitrogens with zero attached hydrogens (tertiary/aromatic N) is 2. The van der Waals surface area contributed by atoms with Crippen molar-refractivity contribution in [2.45, 2.75) is 0 Å². The summed E-state index contributed by atoms with van der Waals surface area (Å²) >= 11 is 0. The summed E-state index contributed by atoms with van der Waals surface area (Å²) < 4.78 is 4.55. The van der Waals surface area contributed by atoms with Gasteiger partial charge in [-0.3, -0.25) is 5.10 Å². The number of nitrogens with one attached hydrogen (secondary N) is 1. The third-order valence-electron chi connectivity index (χ3n) is 2.03. The molecule has 0 saturated heterocycles. The van der Waals surface area contributed by atoms with Crippen molar-refractivity contribution in [1.29, 1.82) is 0 Å². The monoisotopic (exact) mass is 205 g/mol.